The fraction of sp³-hybridized carbons (Fsp3) is 0.702. The molecule has 1 fully saturated rings. The maximum atomic E-state index is 12.8. The molecule has 6 N–H and O–H groups in total. The Morgan fingerprint density at radius 2 is 0.934 bits per heavy atom. The fourth-order valence-corrected chi connectivity index (χ4v) is 7.40. The van der Waals surface area contributed by atoms with E-state index in [-0.39, 0.29) is 12.8 Å². The molecule has 0 aromatic heterocycles. The SMILES string of the molecule is CC/C=C\C/C=C\C/C=C\C/C=C\C/C=C\C/C=C\CCC(=O)O[C@H](COC(=O)CCCCCCCCCCCCCCC)COP(=O)(O)OC1[C@H](O)[C@H](O)C(O)[C@H](O)[C@H]1O. The summed E-state index contributed by atoms with van der Waals surface area (Å²) < 4.78 is 33.4. The third kappa shape index (κ3) is 29.3. The van der Waals surface area contributed by atoms with Gasteiger partial charge in [0, 0.05) is 12.8 Å². The van der Waals surface area contributed by atoms with Crippen molar-refractivity contribution in [2.24, 2.45) is 0 Å². The van der Waals surface area contributed by atoms with E-state index < -0.39 is 75.7 Å². The Bertz CT molecular complexity index is 1340. The standard InChI is InChI=1S/C47H79O13P/c1-3-5-7-9-11-13-15-17-18-19-20-21-22-24-26-28-30-32-34-36-41(49)59-39(38-58-61(55,56)60-47-45(53)43(51)42(50)44(52)46(47)54)37-57-40(48)35-33-31-29-27-25-23-16-14-12-10-8-6-4-2/h5,7,11,13,17-18,20-21,24,26,30,32,39,42-47,50-54H,3-4,6,8-10,12,14-16,19,22-23,25,27-29,31,33-38H2,1-2H3,(H,55,56)/b7-5-,13-11-,18-17-,21-20-,26-24-,32-30-/t39-,42?,43-,44+,45-,46-,47?/m1/s1. The highest BCUT2D eigenvalue weighted by Gasteiger charge is 2.51. The third-order valence-corrected chi connectivity index (χ3v) is 11.1. The van der Waals surface area contributed by atoms with E-state index in [1.807, 2.05) is 18.2 Å². The van der Waals surface area contributed by atoms with Gasteiger partial charge in [-0.2, -0.15) is 0 Å². The number of carbonyl (C=O) groups excluding carboxylic acids is 2. The van der Waals surface area contributed by atoms with Crippen molar-refractivity contribution in [1.82, 2.24) is 0 Å². The number of carbonyl (C=O) groups is 2. The first-order chi connectivity index (χ1) is 29.4. The van der Waals surface area contributed by atoms with Crippen LogP contribution < -0.4 is 0 Å². The Morgan fingerprint density at radius 3 is 1.39 bits per heavy atom. The summed E-state index contributed by atoms with van der Waals surface area (Å²) in [6.07, 6.45) is 32.6. The van der Waals surface area contributed by atoms with Crippen molar-refractivity contribution < 1.29 is 63.1 Å². The van der Waals surface area contributed by atoms with Crippen LogP contribution in [0.4, 0.5) is 0 Å². The largest absolute Gasteiger partial charge is 0.472 e. The van der Waals surface area contributed by atoms with E-state index in [2.05, 4.69) is 68.5 Å². The Morgan fingerprint density at radius 1 is 0.525 bits per heavy atom. The minimum atomic E-state index is -5.14. The van der Waals surface area contributed by atoms with Crippen molar-refractivity contribution >= 4 is 19.8 Å². The van der Waals surface area contributed by atoms with Crippen LogP contribution >= 0.6 is 7.82 Å². The summed E-state index contributed by atoms with van der Waals surface area (Å²) >= 11 is 0. The lowest BCUT2D eigenvalue weighted by Gasteiger charge is -2.41. The summed E-state index contributed by atoms with van der Waals surface area (Å²) in [5.41, 5.74) is 0. The molecule has 1 aliphatic carbocycles. The molecule has 14 heteroatoms. The molecular weight excluding hydrogens is 803 g/mol. The van der Waals surface area contributed by atoms with E-state index in [1.165, 1.54) is 57.8 Å². The van der Waals surface area contributed by atoms with E-state index >= 15 is 0 Å². The van der Waals surface area contributed by atoms with Gasteiger partial charge in [0.2, 0.25) is 0 Å². The van der Waals surface area contributed by atoms with Crippen molar-refractivity contribution in [2.75, 3.05) is 13.2 Å². The van der Waals surface area contributed by atoms with Gasteiger partial charge < -0.3 is 39.9 Å². The number of esters is 2. The van der Waals surface area contributed by atoms with Crippen LogP contribution in [0.2, 0.25) is 0 Å². The molecular formula is C47H79O13P. The monoisotopic (exact) mass is 883 g/mol. The highest BCUT2D eigenvalue weighted by molar-refractivity contribution is 7.47. The number of ether oxygens (including phenoxy) is 2. The summed E-state index contributed by atoms with van der Waals surface area (Å²) in [6, 6.07) is 0. The zero-order valence-electron chi connectivity index (χ0n) is 36.9. The second kappa shape index (κ2) is 36.7. The Balaban J connectivity index is 2.53. The fourth-order valence-electron chi connectivity index (χ4n) is 6.43. The predicted octanol–water partition coefficient (Wildman–Crippen LogP) is 8.72. The van der Waals surface area contributed by atoms with Crippen molar-refractivity contribution in [3.8, 4) is 0 Å². The van der Waals surface area contributed by atoms with Crippen molar-refractivity contribution in [2.45, 2.75) is 198 Å². The first kappa shape index (κ1) is 56.3. The van der Waals surface area contributed by atoms with Crippen molar-refractivity contribution in [1.29, 1.82) is 0 Å². The lowest BCUT2D eigenvalue weighted by molar-refractivity contribution is -0.220. The molecule has 1 rings (SSSR count). The number of phosphoric acid groups is 1. The van der Waals surface area contributed by atoms with Crippen LogP contribution in [0.1, 0.15) is 155 Å². The number of rotatable bonds is 36. The minimum Gasteiger partial charge on any atom is -0.462 e. The number of hydrogen-bond acceptors (Lipinski definition) is 12. The summed E-state index contributed by atoms with van der Waals surface area (Å²) in [4.78, 5) is 35.6. The number of aliphatic hydroxyl groups is 5. The van der Waals surface area contributed by atoms with Crippen LogP contribution in [0.5, 0.6) is 0 Å². The molecule has 13 nitrogen and oxygen atoms in total. The number of phosphoric ester groups is 1. The molecule has 0 saturated heterocycles. The molecule has 1 saturated carbocycles. The molecule has 0 aliphatic heterocycles. The minimum absolute atomic E-state index is 0.0303. The molecule has 350 valence electrons. The molecule has 0 amide bonds. The van der Waals surface area contributed by atoms with Gasteiger partial charge in [-0.1, -0.05) is 164 Å². The maximum absolute atomic E-state index is 12.8. The number of unbranched alkanes of at least 4 members (excludes halogenated alkanes) is 12. The zero-order chi connectivity index (χ0) is 45.0. The van der Waals surface area contributed by atoms with Crippen LogP contribution in [0.15, 0.2) is 72.9 Å². The van der Waals surface area contributed by atoms with Gasteiger partial charge in [-0.15, -0.1) is 0 Å². The molecule has 0 radical (unpaired) electrons. The summed E-state index contributed by atoms with van der Waals surface area (Å²) in [7, 11) is -5.14. The van der Waals surface area contributed by atoms with Gasteiger partial charge in [0.1, 0.15) is 43.2 Å². The molecule has 1 aliphatic rings. The number of hydrogen-bond donors (Lipinski definition) is 6. The summed E-state index contributed by atoms with van der Waals surface area (Å²) in [5, 5.41) is 50.1. The molecule has 61 heavy (non-hydrogen) atoms. The van der Waals surface area contributed by atoms with E-state index in [1.54, 1.807) is 0 Å². The van der Waals surface area contributed by atoms with Gasteiger partial charge in [0.25, 0.3) is 0 Å². The highest BCUT2D eigenvalue weighted by atomic mass is 31.2. The van der Waals surface area contributed by atoms with Gasteiger partial charge in [-0.25, -0.2) is 4.57 Å². The van der Waals surface area contributed by atoms with Crippen LogP contribution in [-0.4, -0.2) is 98.3 Å². The first-order valence-corrected chi connectivity index (χ1v) is 24.2. The lowest BCUT2D eigenvalue weighted by Crippen LogP contribution is -2.64. The molecule has 0 aromatic rings. The van der Waals surface area contributed by atoms with Gasteiger partial charge in [0.05, 0.1) is 6.61 Å². The normalized spacial score (nSPS) is 22.7. The van der Waals surface area contributed by atoms with Gasteiger partial charge in [0.15, 0.2) is 6.10 Å². The molecule has 3 unspecified atom stereocenters. The number of allylic oxidation sites excluding steroid dienone is 12. The highest BCUT2D eigenvalue weighted by Crippen LogP contribution is 2.47. The predicted molar refractivity (Wildman–Crippen MR) is 239 cm³/mol. The molecule has 0 aromatic carbocycles. The van der Waals surface area contributed by atoms with Crippen LogP contribution in [0.25, 0.3) is 0 Å². The molecule has 0 bridgehead atoms. The smallest absolute Gasteiger partial charge is 0.462 e. The van der Waals surface area contributed by atoms with Crippen LogP contribution in [0, 0.1) is 0 Å². The number of aliphatic hydroxyl groups excluding tert-OH is 5. The van der Waals surface area contributed by atoms with Crippen molar-refractivity contribution in [3.05, 3.63) is 72.9 Å². The van der Waals surface area contributed by atoms with Gasteiger partial charge in [-0.3, -0.25) is 18.6 Å². The van der Waals surface area contributed by atoms with E-state index in [0.29, 0.717) is 19.3 Å². The van der Waals surface area contributed by atoms with E-state index in [9.17, 15) is 44.6 Å². The Labute approximate surface area is 365 Å². The van der Waals surface area contributed by atoms with Crippen LogP contribution in [0.3, 0.4) is 0 Å². The molecule has 0 heterocycles. The molecule has 0 spiro atoms. The van der Waals surface area contributed by atoms with E-state index in [4.69, 9.17) is 18.5 Å². The quantitative estimate of drug-likeness (QED) is 0.0151. The third-order valence-electron chi connectivity index (χ3n) is 10.1. The average molecular weight is 883 g/mol. The van der Waals surface area contributed by atoms with Crippen LogP contribution in [-0.2, 0) is 32.7 Å². The average Bonchev–Trinajstić information content (AvgIpc) is 3.24. The zero-order valence-corrected chi connectivity index (χ0v) is 37.8. The second-order valence-electron chi connectivity index (χ2n) is 15.5. The topological polar surface area (TPSA) is 210 Å². The second-order valence-corrected chi connectivity index (χ2v) is 16.9. The Kier molecular flexibility index (Phi) is 33.9. The first-order valence-electron chi connectivity index (χ1n) is 22.7. The molecule has 8 atom stereocenters. The summed E-state index contributed by atoms with van der Waals surface area (Å²) in [5.74, 6) is -1.20. The van der Waals surface area contributed by atoms with Gasteiger partial charge in [-0.05, 0) is 51.4 Å². The van der Waals surface area contributed by atoms with E-state index in [0.717, 1.165) is 51.4 Å². The summed E-state index contributed by atoms with van der Waals surface area (Å²) in [6.45, 7) is 3.11. The van der Waals surface area contributed by atoms with Crippen molar-refractivity contribution in [3.63, 3.8) is 0 Å². The Hall–Kier alpha value is -2.71. The van der Waals surface area contributed by atoms with Gasteiger partial charge >= 0.3 is 19.8 Å². The lowest BCUT2D eigenvalue weighted by atomic mass is 9.85. The maximum Gasteiger partial charge on any atom is 0.472 e.